The molecule has 1 aliphatic rings. The minimum absolute atomic E-state index is 0.0509. The van der Waals surface area contributed by atoms with Gasteiger partial charge in [-0.15, -0.1) is 6.58 Å². The molecule has 0 bridgehead atoms. The van der Waals surface area contributed by atoms with Gasteiger partial charge in [0.25, 0.3) is 15.9 Å². The van der Waals surface area contributed by atoms with Gasteiger partial charge in [-0.25, -0.2) is 8.42 Å². The number of hydrogen-bond acceptors (Lipinski definition) is 4. The number of carbonyl (C=O) groups excluding carboxylic acids is 1. The van der Waals surface area contributed by atoms with Gasteiger partial charge < -0.3 is 10.1 Å². The molecule has 168 valence electrons. The number of carbonyl (C=O) groups is 1. The molecule has 0 saturated carbocycles. The van der Waals surface area contributed by atoms with Crippen LogP contribution in [-0.4, -0.2) is 34.0 Å². The van der Waals surface area contributed by atoms with Crippen LogP contribution in [0.15, 0.2) is 102 Å². The first-order valence-electron chi connectivity index (χ1n) is 10.5. The summed E-state index contributed by atoms with van der Waals surface area (Å²) in [6, 6.07) is 25.5. The van der Waals surface area contributed by atoms with Gasteiger partial charge in [-0.05, 0) is 23.8 Å². The number of rotatable bonds is 8. The molecule has 1 amide bonds. The van der Waals surface area contributed by atoms with Crippen LogP contribution in [0, 0.1) is 0 Å². The summed E-state index contributed by atoms with van der Waals surface area (Å²) in [6.07, 6.45) is 1.51. The smallest absolute Gasteiger partial charge is 0.270 e. The number of sulfonamides is 1. The Hall–Kier alpha value is -3.84. The van der Waals surface area contributed by atoms with Gasteiger partial charge >= 0.3 is 0 Å². The fraction of sp³-hybridized carbons (Fsp3) is 0.115. The Morgan fingerprint density at radius 2 is 1.58 bits per heavy atom. The highest BCUT2D eigenvalue weighted by Crippen LogP contribution is 2.42. The molecule has 1 N–H and O–H groups in total. The normalized spacial score (nSPS) is 14.4. The molecule has 0 fully saturated rings. The maximum Gasteiger partial charge on any atom is 0.270 e. The zero-order chi connectivity index (χ0) is 23.3. The fourth-order valence-corrected chi connectivity index (χ4v) is 5.49. The minimum Gasteiger partial charge on any atom is -0.492 e. The van der Waals surface area contributed by atoms with Gasteiger partial charge in [-0.3, -0.25) is 9.10 Å². The van der Waals surface area contributed by atoms with Crippen molar-refractivity contribution in [3.8, 4) is 5.75 Å². The third-order valence-corrected chi connectivity index (χ3v) is 7.01. The topological polar surface area (TPSA) is 75.7 Å². The molecule has 1 aliphatic heterocycles. The number of ether oxygens (including phenoxy) is 1. The van der Waals surface area contributed by atoms with Crippen molar-refractivity contribution >= 4 is 27.2 Å². The molecular formula is C26H24N2O4S. The van der Waals surface area contributed by atoms with E-state index >= 15 is 0 Å². The molecule has 0 unspecified atom stereocenters. The van der Waals surface area contributed by atoms with E-state index in [1.807, 2.05) is 60.7 Å². The number of hydrogen-bond donors (Lipinski definition) is 1. The largest absolute Gasteiger partial charge is 0.492 e. The van der Waals surface area contributed by atoms with E-state index in [0.29, 0.717) is 28.1 Å². The van der Waals surface area contributed by atoms with Crippen LogP contribution in [0.1, 0.15) is 11.1 Å². The Labute approximate surface area is 193 Å². The molecule has 0 spiro atoms. The monoisotopic (exact) mass is 460 g/mol. The van der Waals surface area contributed by atoms with Gasteiger partial charge in [0.15, 0.2) is 4.91 Å². The number of amides is 1. The molecule has 0 atom stereocenters. The van der Waals surface area contributed by atoms with E-state index in [9.17, 15) is 13.2 Å². The number of anilines is 1. The standard InChI is InChI=1S/C26H24N2O4S/c1-2-18-28-23-16-10-9-15-22(23)24(20-11-5-3-6-12-20)25(33(28,30)31)26(29)27-17-19-32-21-13-7-4-8-14-21/h2-16H,1,17-19H2,(H,27,29). The second-order valence-corrected chi connectivity index (χ2v) is 9.13. The average molecular weight is 461 g/mol. The lowest BCUT2D eigenvalue weighted by Gasteiger charge is -2.32. The summed E-state index contributed by atoms with van der Waals surface area (Å²) in [6.45, 7) is 4.10. The van der Waals surface area contributed by atoms with Gasteiger partial charge in [0.2, 0.25) is 0 Å². The number of benzene rings is 3. The van der Waals surface area contributed by atoms with Crippen molar-refractivity contribution in [1.82, 2.24) is 5.32 Å². The van der Waals surface area contributed by atoms with Crippen molar-refractivity contribution in [2.75, 3.05) is 24.0 Å². The van der Waals surface area contributed by atoms with Crippen molar-refractivity contribution in [2.24, 2.45) is 0 Å². The molecule has 1 heterocycles. The number of para-hydroxylation sites is 2. The molecular weight excluding hydrogens is 436 g/mol. The second-order valence-electron chi connectivity index (χ2n) is 7.33. The zero-order valence-corrected chi connectivity index (χ0v) is 18.8. The van der Waals surface area contributed by atoms with Gasteiger partial charge in [-0.2, -0.15) is 0 Å². The van der Waals surface area contributed by atoms with Gasteiger partial charge in [-0.1, -0.05) is 72.8 Å². The van der Waals surface area contributed by atoms with Crippen LogP contribution >= 0.6 is 0 Å². The fourth-order valence-electron chi connectivity index (χ4n) is 3.76. The van der Waals surface area contributed by atoms with E-state index in [4.69, 9.17) is 4.74 Å². The Kier molecular flexibility index (Phi) is 6.60. The second kappa shape index (κ2) is 9.75. The van der Waals surface area contributed by atoms with Crippen molar-refractivity contribution < 1.29 is 17.9 Å². The molecule has 7 heteroatoms. The van der Waals surface area contributed by atoms with Crippen LogP contribution < -0.4 is 14.4 Å². The lowest BCUT2D eigenvalue weighted by molar-refractivity contribution is -0.116. The number of fused-ring (bicyclic) bond motifs is 1. The average Bonchev–Trinajstić information content (AvgIpc) is 2.84. The summed E-state index contributed by atoms with van der Waals surface area (Å²) in [7, 11) is -4.14. The summed E-state index contributed by atoms with van der Waals surface area (Å²) in [5, 5.41) is 2.72. The first kappa shape index (κ1) is 22.4. The van der Waals surface area contributed by atoms with Crippen molar-refractivity contribution in [2.45, 2.75) is 0 Å². The van der Waals surface area contributed by atoms with Crippen LogP contribution in [0.5, 0.6) is 5.75 Å². The molecule has 0 saturated heterocycles. The van der Waals surface area contributed by atoms with Gasteiger partial charge in [0.05, 0.1) is 18.8 Å². The Morgan fingerprint density at radius 1 is 0.939 bits per heavy atom. The molecule has 6 nitrogen and oxygen atoms in total. The Morgan fingerprint density at radius 3 is 2.27 bits per heavy atom. The summed E-state index contributed by atoms with van der Waals surface area (Å²) in [4.78, 5) is 13.0. The molecule has 0 radical (unpaired) electrons. The molecule has 3 aromatic rings. The van der Waals surface area contributed by atoms with Crippen molar-refractivity contribution in [3.63, 3.8) is 0 Å². The van der Waals surface area contributed by atoms with E-state index in [2.05, 4.69) is 11.9 Å². The lowest BCUT2D eigenvalue weighted by Crippen LogP contribution is -2.42. The van der Waals surface area contributed by atoms with Crippen LogP contribution in [0.3, 0.4) is 0 Å². The lowest BCUT2D eigenvalue weighted by atomic mass is 9.95. The first-order valence-corrected chi connectivity index (χ1v) is 12.0. The first-order chi connectivity index (χ1) is 16.0. The summed E-state index contributed by atoms with van der Waals surface area (Å²) in [5.74, 6) is 0.00129. The Bertz CT molecular complexity index is 1290. The van der Waals surface area contributed by atoms with E-state index in [-0.39, 0.29) is 24.6 Å². The predicted octanol–water partition coefficient (Wildman–Crippen LogP) is 3.98. The van der Waals surface area contributed by atoms with Crippen LogP contribution in [0.25, 0.3) is 5.57 Å². The molecule has 33 heavy (non-hydrogen) atoms. The molecule has 3 aromatic carbocycles. The van der Waals surface area contributed by atoms with E-state index in [1.165, 1.54) is 10.4 Å². The summed E-state index contributed by atoms with van der Waals surface area (Å²) >= 11 is 0. The number of nitrogens with zero attached hydrogens (tertiary/aromatic N) is 1. The summed E-state index contributed by atoms with van der Waals surface area (Å²) < 4.78 is 34.2. The highest BCUT2D eigenvalue weighted by atomic mass is 32.2. The SMILES string of the molecule is C=CCN1c2ccccc2C(c2ccccc2)=C(C(=O)NCCOc2ccccc2)S1(=O)=O. The maximum atomic E-state index is 13.7. The predicted molar refractivity (Wildman–Crippen MR) is 130 cm³/mol. The van der Waals surface area contributed by atoms with Crippen LogP contribution in [0.4, 0.5) is 5.69 Å². The van der Waals surface area contributed by atoms with E-state index in [1.54, 1.807) is 24.3 Å². The third-order valence-electron chi connectivity index (χ3n) is 5.18. The molecule has 0 aliphatic carbocycles. The highest BCUT2D eigenvalue weighted by Gasteiger charge is 2.40. The highest BCUT2D eigenvalue weighted by molar-refractivity contribution is 7.97. The van der Waals surface area contributed by atoms with E-state index in [0.717, 1.165) is 0 Å². The van der Waals surface area contributed by atoms with Gasteiger partial charge in [0.1, 0.15) is 12.4 Å². The zero-order valence-electron chi connectivity index (χ0n) is 18.0. The van der Waals surface area contributed by atoms with E-state index < -0.39 is 15.9 Å². The quantitative estimate of drug-likeness (QED) is 0.408. The number of nitrogens with one attached hydrogen (secondary N) is 1. The minimum atomic E-state index is -4.14. The third kappa shape index (κ3) is 4.54. The molecule has 4 rings (SSSR count). The maximum absolute atomic E-state index is 13.7. The van der Waals surface area contributed by atoms with Crippen LogP contribution in [0.2, 0.25) is 0 Å². The molecule has 0 aromatic heterocycles. The van der Waals surface area contributed by atoms with Crippen LogP contribution in [-0.2, 0) is 14.8 Å². The van der Waals surface area contributed by atoms with Crippen molar-refractivity contribution in [3.05, 3.63) is 114 Å². The van der Waals surface area contributed by atoms with Crippen molar-refractivity contribution in [1.29, 1.82) is 0 Å². The van der Waals surface area contributed by atoms with Gasteiger partial charge in [0, 0.05) is 11.1 Å². The Balaban J connectivity index is 1.73. The summed E-state index contributed by atoms with van der Waals surface area (Å²) in [5.41, 5.74) is 2.22.